The number of aliphatic hydroxyl groups excluding tert-OH is 15. The molecule has 0 saturated heterocycles. The van der Waals surface area contributed by atoms with E-state index in [4.69, 9.17) is 10.2 Å². The maximum absolute atomic E-state index is 13.6. The molecule has 7 unspecified atom stereocenters. The summed E-state index contributed by atoms with van der Waals surface area (Å²) in [5.41, 5.74) is -0.334. The summed E-state index contributed by atoms with van der Waals surface area (Å²) in [5.74, 6) is -6.49. The van der Waals surface area contributed by atoms with Gasteiger partial charge >= 0.3 is 0 Å². The summed E-state index contributed by atoms with van der Waals surface area (Å²) in [5, 5.41) is 160. The number of nitrogens with zero attached hydrogens (tertiary/aromatic N) is 3. The summed E-state index contributed by atoms with van der Waals surface area (Å²) in [6, 6.07) is 0. The normalized spacial score (nSPS) is 13.7. The molecule has 0 heterocycles. The Balaban J connectivity index is 0.000000776. The van der Waals surface area contributed by atoms with Gasteiger partial charge in [-0.25, -0.2) is 0 Å². The number of aliphatic hydroxyl groups is 15. The number of hydrogen-bond donors (Lipinski definition) is 21. The molecule has 9 amide bonds. The van der Waals surface area contributed by atoms with Gasteiger partial charge in [-0.1, -0.05) is 0 Å². The second-order valence-corrected chi connectivity index (χ2v) is 30.0. The van der Waals surface area contributed by atoms with Crippen LogP contribution in [0, 0.1) is 32.1 Å². The summed E-state index contributed by atoms with van der Waals surface area (Å²) >= 11 is 16.1. The fourth-order valence-electron chi connectivity index (χ4n) is 7.92. The second-order valence-electron chi connectivity index (χ2n) is 20.3. The van der Waals surface area contributed by atoms with Crippen molar-refractivity contribution < 1.29 is 120 Å². The minimum absolute atomic E-state index is 0.0133. The number of carbonyl (C=O) groups excluding carboxylic acids is 9. The first-order chi connectivity index (χ1) is 44.9. The van der Waals surface area contributed by atoms with Crippen molar-refractivity contribution in [3.8, 4) is 0 Å². The van der Waals surface area contributed by atoms with Crippen molar-refractivity contribution in [2.75, 3.05) is 120 Å². The van der Waals surface area contributed by atoms with E-state index < -0.39 is 161 Å². The summed E-state index contributed by atoms with van der Waals surface area (Å²) in [6.07, 6.45) is -10.7. The molecule has 7 atom stereocenters. The number of benzene rings is 3. The van der Waals surface area contributed by atoms with Gasteiger partial charge in [0.1, 0.15) is 0 Å². The average Bonchev–Trinajstić information content (AvgIpc) is 0.774. The highest BCUT2D eigenvalue weighted by Gasteiger charge is 2.37. The van der Waals surface area contributed by atoms with Crippen LogP contribution in [0.2, 0.25) is 0 Å². The predicted molar refractivity (Wildman–Crippen MR) is 420 cm³/mol. The third-order valence-electron chi connectivity index (χ3n) is 12.8. The standard InChI is InChI=1S/C35H44I6N6O15.C19H26I3N3O9/c1-13(52)46(30-26(38)20(32(59)42-3-15(54)9-48)24(36)21(27(30)39)33(60)43-4-16(55)10-49)7-19(58)8-47(14(2)53)31-28(40)22(34(61)44-5-17(56)11-50)25(37)23(29(31)41)35(62)45-6-18(57)12-51;1-8(29)25(4-11(32)7-28)17-15(21)12(18(33)23-2-9(30)5-26)14(20)13(16(17)22)19(34)24-3-10(31)6-27/h15-19,48-51,54-58H,3-12H2,1-2H3,(H,42,59)(H,43,60)(H,44,61)(H,45,62);9-11,26-28,30-32H,2-7H2,1H3,(H,23,33)(H,24,34). The highest BCUT2D eigenvalue weighted by atomic mass is 127. The van der Waals surface area contributed by atoms with E-state index in [1.165, 1.54) is 6.92 Å². The Kier molecular flexibility index (Phi) is 42.2. The average molecular weight is 2370 g/mol. The highest BCUT2D eigenvalue weighted by molar-refractivity contribution is 14.1. The van der Waals surface area contributed by atoms with E-state index in [0.717, 1.165) is 28.5 Å². The lowest BCUT2D eigenvalue weighted by atomic mass is 10.1. The van der Waals surface area contributed by atoms with Gasteiger partial charge in [0.05, 0.1) is 187 Å². The van der Waals surface area contributed by atoms with Crippen LogP contribution in [0.15, 0.2) is 0 Å². The topological polar surface area (TPSA) is 539 Å². The van der Waals surface area contributed by atoms with Gasteiger partial charge in [0, 0.05) is 70.8 Å². The van der Waals surface area contributed by atoms with Crippen LogP contribution in [0.5, 0.6) is 0 Å². The van der Waals surface area contributed by atoms with Crippen molar-refractivity contribution >= 4 is 274 Å². The molecule has 0 aliphatic heterocycles. The fourth-order valence-corrected chi connectivity index (χ4v) is 22.1. The van der Waals surface area contributed by atoms with E-state index in [-0.39, 0.29) is 128 Å². The van der Waals surface area contributed by atoms with Gasteiger partial charge in [-0.2, -0.15) is 0 Å². The van der Waals surface area contributed by atoms with Gasteiger partial charge in [0.2, 0.25) is 17.7 Å². The van der Waals surface area contributed by atoms with Gasteiger partial charge in [-0.15, -0.1) is 0 Å². The quantitative estimate of drug-likeness (QED) is 0.0262. The van der Waals surface area contributed by atoms with Crippen LogP contribution < -0.4 is 46.6 Å². The Hall–Kier alpha value is -1.14. The minimum atomic E-state index is -1.62. The first kappa shape index (κ1) is 90.9. The minimum Gasteiger partial charge on any atom is -0.394 e. The predicted octanol–water partition coefficient (Wildman–Crippen LogP) is -3.21. The van der Waals surface area contributed by atoms with Crippen LogP contribution in [-0.4, -0.2) is 284 Å². The van der Waals surface area contributed by atoms with Crippen LogP contribution in [0.3, 0.4) is 0 Å². The smallest absolute Gasteiger partial charge is 0.253 e. The molecule has 0 aliphatic carbocycles. The molecule has 96 heavy (non-hydrogen) atoms. The van der Waals surface area contributed by atoms with Crippen molar-refractivity contribution in [1.29, 1.82) is 0 Å². The number of hydrogen-bond acceptors (Lipinski definition) is 24. The summed E-state index contributed by atoms with van der Waals surface area (Å²) < 4.78 is 1.44. The highest BCUT2D eigenvalue weighted by Crippen LogP contribution is 2.42. The maximum Gasteiger partial charge on any atom is 0.253 e. The van der Waals surface area contributed by atoms with Crippen LogP contribution in [-0.2, 0) is 14.4 Å². The number of rotatable bonds is 34. The molecule has 538 valence electrons. The Bertz CT molecular complexity index is 3000. The number of anilines is 3. The first-order valence-corrected chi connectivity index (χ1v) is 37.5. The SMILES string of the molecule is CC(=O)N(CC(O)CN(C(C)=O)c1c(I)c(C(=O)NCC(O)CO)c(I)c(C(=O)NCC(O)CO)c1I)c1c(I)c(C(=O)NCC(O)CO)c(I)c(C(=O)NCC(O)CO)c1I.CC(=O)N(CC(O)CO)c1c(I)c(C(=O)NCC(O)CO)c(I)c(C(=O)NCC(O)CO)c1I. The van der Waals surface area contributed by atoms with E-state index in [1.54, 1.807) is 158 Å². The second kappa shape index (κ2) is 44.5. The van der Waals surface area contributed by atoms with E-state index in [0.29, 0.717) is 0 Å². The fraction of sp³-hybridized carbons (Fsp3) is 0.500. The first-order valence-electron chi connectivity index (χ1n) is 27.8. The summed E-state index contributed by atoms with van der Waals surface area (Å²) in [7, 11) is 0. The van der Waals surface area contributed by atoms with E-state index in [1.807, 2.05) is 45.2 Å². The molecule has 33 nitrogen and oxygen atoms in total. The molecule has 3 aromatic rings. The number of carbonyl (C=O) groups is 9. The maximum atomic E-state index is 13.6. The number of nitrogens with one attached hydrogen (secondary N) is 6. The van der Waals surface area contributed by atoms with Crippen molar-refractivity contribution in [3.63, 3.8) is 0 Å². The molecule has 0 aromatic heterocycles. The Morgan fingerprint density at radius 2 is 0.417 bits per heavy atom. The summed E-state index contributed by atoms with van der Waals surface area (Å²) in [4.78, 5) is 123. The van der Waals surface area contributed by atoms with Gasteiger partial charge in [-0.05, 0) is 203 Å². The van der Waals surface area contributed by atoms with Crippen LogP contribution in [0.25, 0.3) is 0 Å². The molecule has 42 heteroatoms. The molecule has 0 saturated carbocycles. The molecule has 21 N–H and O–H groups in total. The third kappa shape index (κ3) is 25.6. The molecule has 3 rings (SSSR count). The number of amides is 9. The lowest BCUT2D eigenvalue weighted by Crippen LogP contribution is -2.45. The molecule has 0 spiro atoms. The molecular weight excluding hydrogens is 2300 g/mol. The lowest BCUT2D eigenvalue weighted by Gasteiger charge is -2.32. The Morgan fingerprint density at radius 1 is 0.271 bits per heavy atom. The van der Waals surface area contributed by atoms with Gasteiger partial charge in [0.15, 0.2) is 0 Å². The third-order valence-corrected chi connectivity index (χ3v) is 22.4. The zero-order valence-corrected chi connectivity index (χ0v) is 70.0. The van der Waals surface area contributed by atoms with Crippen LogP contribution in [0.1, 0.15) is 82.9 Å². The monoisotopic (exact) mass is 2370 g/mol. The largest absolute Gasteiger partial charge is 0.394 e. The van der Waals surface area contributed by atoms with Gasteiger partial charge in [0.25, 0.3) is 35.4 Å². The number of halogens is 9. The lowest BCUT2D eigenvalue weighted by molar-refractivity contribution is -0.118. The van der Waals surface area contributed by atoms with Crippen LogP contribution >= 0.6 is 203 Å². The van der Waals surface area contributed by atoms with Crippen molar-refractivity contribution in [2.45, 2.75) is 69.6 Å². The summed E-state index contributed by atoms with van der Waals surface area (Å²) in [6.45, 7) is -4.50. The Labute approximate surface area is 671 Å². The van der Waals surface area contributed by atoms with E-state index in [2.05, 4.69) is 31.9 Å². The molecule has 0 fully saturated rings. The van der Waals surface area contributed by atoms with Crippen molar-refractivity contribution in [3.05, 3.63) is 65.5 Å². The van der Waals surface area contributed by atoms with Crippen LogP contribution in [0.4, 0.5) is 17.1 Å². The van der Waals surface area contributed by atoms with Crippen molar-refractivity contribution in [2.24, 2.45) is 0 Å². The molecule has 0 bridgehead atoms. The molecule has 0 aliphatic rings. The zero-order valence-electron chi connectivity index (χ0n) is 50.6. The molecule has 3 aromatic carbocycles. The van der Waals surface area contributed by atoms with E-state index in [9.17, 15) is 110 Å². The molecular formula is C54H70I9N9O24. The van der Waals surface area contributed by atoms with Gasteiger partial charge in [-0.3, -0.25) is 43.2 Å². The van der Waals surface area contributed by atoms with Crippen molar-refractivity contribution in [1.82, 2.24) is 31.9 Å². The van der Waals surface area contributed by atoms with Gasteiger partial charge < -0.3 is 123 Å². The van der Waals surface area contributed by atoms with E-state index >= 15 is 0 Å². The molecule has 0 radical (unpaired) electrons. The Morgan fingerprint density at radius 3 is 0.552 bits per heavy atom. The zero-order chi connectivity index (χ0) is 73.5.